The Labute approximate surface area is 186 Å². The maximum absolute atomic E-state index is 13.2. The highest BCUT2D eigenvalue weighted by molar-refractivity contribution is 7.12. The lowest BCUT2D eigenvalue weighted by Crippen LogP contribution is -2.17. The minimum Gasteiger partial charge on any atom is -0.493 e. The van der Waals surface area contributed by atoms with Crippen LogP contribution in [0, 0.1) is 6.92 Å². The van der Waals surface area contributed by atoms with Gasteiger partial charge in [0.25, 0.3) is 5.91 Å². The summed E-state index contributed by atoms with van der Waals surface area (Å²) < 4.78 is 26.2. The van der Waals surface area contributed by atoms with Gasteiger partial charge in [0.2, 0.25) is 5.75 Å². The Kier molecular flexibility index (Phi) is 6.71. The van der Waals surface area contributed by atoms with E-state index in [1.54, 1.807) is 18.4 Å². The van der Waals surface area contributed by atoms with Crippen LogP contribution in [-0.2, 0) is 4.74 Å². The van der Waals surface area contributed by atoms with E-state index in [0.29, 0.717) is 21.2 Å². The van der Waals surface area contributed by atoms with Crippen LogP contribution in [0.4, 0.5) is 5.69 Å². The van der Waals surface area contributed by atoms with Crippen LogP contribution in [0.1, 0.15) is 25.7 Å². The number of hydrogen-bond donors (Lipinski definition) is 1. The molecule has 1 N–H and O–H groups in total. The largest absolute Gasteiger partial charge is 0.493 e. The number of benzene rings is 1. The number of halogens is 1. The lowest BCUT2D eigenvalue weighted by molar-refractivity contribution is 0.0601. The molecule has 0 aliphatic rings. The van der Waals surface area contributed by atoms with Crippen molar-refractivity contribution in [2.45, 2.75) is 6.92 Å². The highest BCUT2D eigenvalue weighted by atomic mass is 35.5. The van der Waals surface area contributed by atoms with E-state index in [0.717, 1.165) is 0 Å². The van der Waals surface area contributed by atoms with Crippen molar-refractivity contribution in [2.24, 2.45) is 0 Å². The standard InChI is InChI=1S/C20H19ClN2O7S/c1-9-13(21)15(30-23-9)10-6-7-31-18(10)19(24)22-14-11(20(25)29-5)8-12(26-2)16(27-3)17(14)28-4/h6-8H,1-5H3,(H,22,24). The number of anilines is 1. The average Bonchev–Trinajstić information content (AvgIpc) is 3.39. The fourth-order valence-corrected chi connectivity index (χ4v) is 3.87. The van der Waals surface area contributed by atoms with Crippen molar-refractivity contribution in [3.05, 3.63) is 38.7 Å². The first-order valence-corrected chi connectivity index (χ1v) is 10.1. The molecule has 0 radical (unpaired) electrons. The quantitative estimate of drug-likeness (QED) is 0.509. The van der Waals surface area contributed by atoms with Gasteiger partial charge in [0.1, 0.15) is 15.6 Å². The lowest BCUT2D eigenvalue weighted by Gasteiger charge is -2.19. The summed E-state index contributed by atoms with van der Waals surface area (Å²) in [5.74, 6) is -0.410. The smallest absolute Gasteiger partial charge is 0.340 e. The Morgan fingerprint density at radius 1 is 1.13 bits per heavy atom. The zero-order chi connectivity index (χ0) is 22.7. The number of esters is 1. The monoisotopic (exact) mass is 466 g/mol. The van der Waals surface area contributed by atoms with E-state index in [9.17, 15) is 9.59 Å². The minimum atomic E-state index is -0.699. The third-order valence-electron chi connectivity index (χ3n) is 4.38. The Morgan fingerprint density at radius 3 is 2.39 bits per heavy atom. The summed E-state index contributed by atoms with van der Waals surface area (Å²) in [4.78, 5) is 25.9. The number of ether oxygens (including phenoxy) is 4. The zero-order valence-electron chi connectivity index (χ0n) is 17.3. The topological polar surface area (TPSA) is 109 Å². The SMILES string of the molecule is COC(=O)c1cc(OC)c(OC)c(OC)c1NC(=O)c1sccc1-c1onc(C)c1Cl. The molecule has 0 bridgehead atoms. The number of aromatic nitrogens is 1. The normalized spacial score (nSPS) is 10.5. The van der Waals surface area contributed by atoms with Gasteiger partial charge in [-0.2, -0.15) is 0 Å². The van der Waals surface area contributed by atoms with Crippen molar-refractivity contribution < 1.29 is 33.1 Å². The highest BCUT2D eigenvalue weighted by Crippen LogP contribution is 2.46. The molecule has 0 aliphatic carbocycles. The molecule has 3 aromatic rings. The van der Waals surface area contributed by atoms with Crippen LogP contribution >= 0.6 is 22.9 Å². The van der Waals surface area contributed by atoms with E-state index < -0.39 is 11.9 Å². The Bertz CT molecular complexity index is 1140. The molecule has 2 heterocycles. The van der Waals surface area contributed by atoms with Gasteiger partial charge >= 0.3 is 5.97 Å². The van der Waals surface area contributed by atoms with Crippen LogP contribution in [0.2, 0.25) is 5.02 Å². The zero-order valence-corrected chi connectivity index (χ0v) is 18.9. The number of methoxy groups -OCH3 is 4. The highest BCUT2D eigenvalue weighted by Gasteiger charge is 2.28. The average molecular weight is 467 g/mol. The molecule has 1 amide bonds. The first kappa shape index (κ1) is 22.4. The van der Waals surface area contributed by atoms with Crippen LogP contribution in [0.25, 0.3) is 11.3 Å². The van der Waals surface area contributed by atoms with Crippen molar-refractivity contribution in [3.8, 4) is 28.6 Å². The molecule has 0 atom stereocenters. The lowest BCUT2D eigenvalue weighted by atomic mass is 10.1. The molecular formula is C20H19ClN2O7S. The first-order chi connectivity index (χ1) is 14.9. The molecule has 0 aliphatic heterocycles. The summed E-state index contributed by atoms with van der Waals surface area (Å²) in [5, 5.41) is 8.57. The molecule has 0 spiro atoms. The van der Waals surface area contributed by atoms with Crippen molar-refractivity contribution in [2.75, 3.05) is 33.8 Å². The minimum absolute atomic E-state index is 0.0250. The summed E-state index contributed by atoms with van der Waals surface area (Å²) in [7, 11) is 5.43. The summed E-state index contributed by atoms with van der Waals surface area (Å²) >= 11 is 7.42. The van der Waals surface area contributed by atoms with Gasteiger partial charge in [0, 0.05) is 11.6 Å². The van der Waals surface area contributed by atoms with Crippen molar-refractivity contribution >= 4 is 40.5 Å². The van der Waals surface area contributed by atoms with Gasteiger partial charge in [-0.25, -0.2) is 4.79 Å². The van der Waals surface area contributed by atoms with Crippen molar-refractivity contribution in [3.63, 3.8) is 0 Å². The summed E-state index contributed by atoms with van der Waals surface area (Å²) in [5.41, 5.74) is 1.06. The predicted octanol–water partition coefficient (Wildman–Crippen LogP) is 4.43. The van der Waals surface area contributed by atoms with E-state index in [-0.39, 0.29) is 34.3 Å². The van der Waals surface area contributed by atoms with Crippen LogP contribution in [0.5, 0.6) is 17.2 Å². The predicted molar refractivity (Wildman–Crippen MR) is 115 cm³/mol. The molecule has 0 unspecified atom stereocenters. The summed E-state index contributed by atoms with van der Waals surface area (Å²) in [6.07, 6.45) is 0. The molecule has 1 aromatic carbocycles. The fraction of sp³-hybridized carbons (Fsp3) is 0.250. The second kappa shape index (κ2) is 9.27. The molecule has 31 heavy (non-hydrogen) atoms. The second-order valence-corrected chi connectivity index (χ2v) is 7.38. The molecule has 3 rings (SSSR count). The van der Waals surface area contributed by atoms with Gasteiger partial charge in [-0.1, -0.05) is 16.8 Å². The number of aryl methyl sites for hydroxylation is 1. The number of carbonyl (C=O) groups excluding carboxylic acids is 2. The van der Waals surface area contributed by atoms with Crippen molar-refractivity contribution in [1.29, 1.82) is 0 Å². The van der Waals surface area contributed by atoms with Crippen LogP contribution in [-0.4, -0.2) is 45.5 Å². The molecule has 0 saturated heterocycles. The number of hydrogen-bond acceptors (Lipinski definition) is 9. The maximum Gasteiger partial charge on any atom is 0.340 e. The van der Waals surface area contributed by atoms with Crippen LogP contribution < -0.4 is 19.5 Å². The van der Waals surface area contributed by atoms with E-state index in [1.165, 1.54) is 45.8 Å². The number of carbonyl (C=O) groups is 2. The van der Waals surface area contributed by atoms with E-state index in [2.05, 4.69) is 10.5 Å². The number of nitrogens with one attached hydrogen (secondary N) is 1. The Balaban J connectivity index is 2.11. The number of thiophene rings is 1. The molecule has 11 heteroatoms. The van der Waals surface area contributed by atoms with Crippen LogP contribution in [0.15, 0.2) is 22.0 Å². The van der Waals surface area contributed by atoms with Gasteiger partial charge in [-0.15, -0.1) is 11.3 Å². The fourth-order valence-electron chi connectivity index (χ4n) is 2.91. The molecule has 0 fully saturated rings. The Hall–Kier alpha value is -3.24. The molecular weight excluding hydrogens is 448 g/mol. The second-order valence-electron chi connectivity index (χ2n) is 6.09. The third-order valence-corrected chi connectivity index (χ3v) is 5.74. The van der Waals surface area contributed by atoms with Crippen LogP contribution in [0.3, 0.4) is 0 Å². The maximum atomic E-state index is 13.2. The number of rotatable bonds is 7. The summed E-state index contributed by atoms with van der Waals surface area (Å²) in [6.45, 7) is 1.69. The molecule has 2 aromatic heterocycles. The third kappa shape index (κ3) is 4.04. The summed E-state index contributed by atoms with van der Waals surface area (Å²) in [6, 6.07) is 3.09. The van der Waals surface area contributed by atoms with Gasteiger partial charge < -0.3 is 28.8 Å². The first-order valence-electron chi connectivity index (χ1n) is 8.80. The van der Waals surface area contributed by atoms with Gasteiger partial charge in [0.05, 0.1) is 39.7 Å². The molecule has 0 saturated carbocycles. The molecule has 164 valence electrons. The number of amides is 1. The number of nitrogens with zero attached hydrogens (tertiary/aromatic N) is 1. The van der Waals surface area contributed by atoms with E-state index >= 15 is 0 Å². The van der Waals surface area contributed by atoms with Gasteiger partial charge in [0.15, 0.2) is 17.3 Å². The van der Waals surface area contributed by atoms with E-state index in [4.69, 9.17) is 35.1 Å². The Morgan fingerprint density at radius 2 is 1.84 bits per heavy atom. The molecule has 9 nitrogen and oxygen atoms in total. The van der Waals surface area contributed by atoms with Gasteiger partial charge in [-0.05, 0) is 18.4 Å². The van der Waals surface area contributed by atoms with E-state index in [1.807, 2.05) is 0 Å². The van der Waals surface area contributed by atoms with Gasteiger partial charge in [-0.3, -0.25) is 4.79 Å². The van der Waals surface area contributed by atoms with Crippen molar-refractivity contribution in [1.82, 2.24) is 5.16 Å².